The van der Waals surface area contributed by atoms with Crippen LogP contribution in [0.1, 0.15) is 6.42 Å². The lowest BCUT2D eigenvalue weighted by molar-refractivity contribution is -0.122. The summed E-state index contributed by atoms with van der Waals surface area (Å²) < 4.78 is 10.6. The minimum Gasteiger partial charge on any atom is -0.497 e. The SMILES string of the molecule is COc1ccc(N2CC(C(=O)Nc3nc4ccccc4[nH]3)CC2=O)c(OC)c1. The molecule has 2 heterocycles. The van der Waals surface area contributed by atoms with Crippen molar-refractivity contribution in [3.05, 3.63) is 42.5 Å². The number of fused-ring (bicyclic) bond motifs is 1. The molecule has 2 amide bonds. The van der Waals surface area contributed by atoms with Gasteiger partial charge in [0, 0.05) is 19.0 Å². The number of ether oxygens (including phenoxy) is 2. The second kappa shape index (κ2) is 7.22. The molecular weight excluding hydrogens is 360 g/mol. The molecule has 1 fully saturated rings. The Morgan fingerprint density at radius 3 is 2.79 bits per heavy atom. The van der Waals surface area contributed by atoms with Gasteiger partial charge in [-0.25, -0.2) is 4.98 Å². The Balaban J connectivity index is 1.50. The number of carbonyl (C=O) groups is 2. The van der Waals surface area contributed by atoms with E-state index >= 15 is 0 Å². The van der Waals surface area contributed by atoms with Crippen LogP contribution in [0.3, 0.4) is 0 Å². The van der Waals surface area contributed by atoms with Crippen molar-refractivity contribution in [2.75, 3.05) is 31.0 Å². The Labute approximate surface area is 161 Å². The van der Waals surface area contributed by atoms with Crippen molar-refractivity contribution < 1.29 is 19.1 Å². The van der Waals surface area contributed by atoms with Crippen LogP contribution in [0.2, 0.25) is 0 Å². The van der Waals surface area contributed by atoms with Gasteiger partial charge in [0.2, 0.25) is 17.8 Å². The number of rotatable bonds is 5. The number of aromatic amines is 1. The van der Waals surface area contributed by atoms with Crippen molar-refractivity contribution in [3.8, 4) is 11.5 Å². The maximum atomic E-state index is 12.7. The fourth-order valence-corrected chi connectivity index (χ4v) is 3.35. The molecule has 0 aliphatic carbocycles. The molecule has 1 aliphatic heterocycles. The number of benzene rings is 2. The third-order valence-electron chi connectivity index (χ3n) is 4.80. The number of nitrogens with one attached hydrogen (secondary N) is 2. The predicted molar refractivity (Wildman–Crippen MR) is 105 cm³/mol. The molecule has 2 N–H and O–H groups in total. The largest absolute Gasteiger partial charge is 0.497 e. The van der Waals surface area contributed by atoms with Crippen LogP contribution in [0.25, 0.3) is 11.0 Å². The first-order valence-corrected chi connectivity index (χ1v) is 8.87. The highest BCUT2D eigenvalue weighted by atomic mass is 16.5. The Morgan fingerprint density at radius 1 is 1.21 bits per heavy atom. The third-order valence-corrected chi connectivity index (χ3v) is 4.80. The molecule has 0 saturated carbocycles. The van der Waals surface area contributed by atoms with E-state index in [0.29, 0.717) is 23.1 Å². The molecule has 8 nitrogen and oxygen atoms in total. The number of amides is 2. The summed E-state index contributed by atoms with van der Waals surface area (Å²) in [6, 6.07) is 12.7. The summed E-state index contributed by atoms with van der Waals surface area (Å²) in [6.45, 7) is 0.271. The lowest BCUT2D eigenvalue weighted by Gasteiger charge is -2.20. The highest BCUT2D eigenvalue weighted by molar-refractivity contribution is 6.04. The van der Waals surface area contributed by atoms with E-state index in [4.69, 9.17) is 9.47 Å². The van der Waals surface area contributed by atoms with Crippen LogP contribution in [-0.2, 0) is 9.59 Å². The zero-order chi connectivity index (χ0) is 19.7. The zero-order valence-corrected chi connectivity index (χ0v) is 15.6. The van der Waals surface area contributed by atoms with Gasteiger partial charge in [0.25, 0.3) is 0 Å². The van der Waals surface area contributed by atoms with E-state index in [9.17, 15) is 9.59 Å². The van der Waals surface area contributed by atoms with Crippen molar-refractivity contribution in [1.82, 2.24) is 9.97 Å². The number of para-hydroxylation sites is 2. The second-order valence-electron chi connectivity index (χ2n) is 6.53. The number of hydrogen-bond acceptors (Lipinski definition) is 5. The van der Waals surface area contributed by atoms with Crippen molar-refractivity contribution in [1.29, 1.82) is 0 Å². The Kier molecular flexibility index (Phi) is 4.60. The van der Waals surface area contributed by atoms with Crippen molar-refractivity contribution in [2.24, 2.45) is 5.92 Å². The van der Waals surface area contributed by atoms with Gasteiger partial charge in [-0.1, -0.05) is 12.1 Å². The van der Waals surface area contributed by atoms with Gasteiger partial charge in [-0.3, -0.25) is 14.9 Å². The zero-order valence-electron chi connectivity index (χ0n) is 15.6. The van der Waals surface area contributed by atoms with Crippen LogP contribution in [-0.4, -0.2) is 42.5 Å². The standard InChI is InChI=1S/C20H20N4O4/c1-27-13-7-8-16(17(10-13)28-2)24-11-12(9-18(24)25)19(26)23-20-21-14-5-3-4-6-15(14)22-20/h3-8,10,12H,9,11H2,1-2H3,(H2,21,22,23,26). The fourth-order valence-electron chi connectivity index (χ4n) is 3.35. The summed E-state index contributed by atoms with van der Waals surface area (Å²) in [6.07, 6.45) is 0.126. The van der Waals surface area contributed by atoms with Gasteiger partial charge < -0.3 is 19.4 Å². The van der Waals surface area contributed by atoms with E-state index in [0.717, 1.165) is 11.0 Å². The van der Waals surface area contributed by atoms with Gasteiger partial charge in [-0.2, -0.15) is 0 Å². The van der Waals surface area contributed by atoms with Crippen LogP contribution in [0.5, 0.6) is 11.5 Å². The molecule has 0 radical (unpaired) electrons. The number of carbonyl (C=O) groups excluding carboxylic acids is 2. The van der Waals surface area contributed by atoms with E-state index in [2.05, 4.69) is 15.3 Å². The number of methoxy groups -OCH3 is 2. The molecule has 0 bridgehead atoms. The predicted octanol–water partition coefficient (Wildman–Crippen LogP) is 2.57. The smallest absolute Gasteiger partial charge is 0.232 e. The minimum absolute atomic E-state index is 0.126. The minimum atomic E-state index is -0.479. The number of hydrogen-bond donors (Lipinski definition) is 2. The summed E-state index contributed by atoms with van der Waals surface area (Å²) >= 11 is 0. The van der Waals surface area contributed by atoms with Gasteiger partial charge >= 0.3 is 0 Å². The van der Waals surface area contributed by atoms with E-state index in [-0.39, 0.29) is 24.8 Å². The van der Waals surface area contributed by atoms with E-state index in [1.807, 2.05) is 24.3 Å². The van der Waals surface area contributed by atoms with Crippen LogP contribution in [0.4, 0.5) is 11.6 Å². The van der Waals surface area contributed by atoms with Crippen molar-refractivity contribution >= 4 is 34.5 Å². The average Bonchev–Trinajstić information content (AvgIpc) is 3.30. The topological polar surface area (TPSA) is 96.5 Å². The van der Waals surface area contributed by atoms with Crippen molar-refractivity contribution in [3.63, 3.8) is 0 Å². The van der Waals surface area contributed by atoms with Gasteiger partial charge in [-0.15, -0.1) is 0 Å². The summed E-state index contributed by atoms with van der Waals surface area (Å²) in [7, 11) is 3.10. The lowest BCUT2D eigenvalue weighted by atomic mass is 10.1. The summed E-state index contributed by atoms with van der Waals surface area (Å²) in [5, 5.41) is 2.78. The molecule has 144 valence electrons. The van der Waals surface area contributed by atoms with E-state index in [1.54, 1.807) is 30.2 Å². The molecule has 4 rings (SSSR count). The number of imidazole rings is 1. The molecule has 3 aromatic rings. The van der Waals surface area contributed by atoms with Crippen LogP contribution in [0, 0.1) is 5.92 Å². The number of aromatic nitrogens is 2. The van der Waals surface area contributed by atoms with E-state index in [1.165, 1.54) is 7.11 Å². The Bertz CT molecular complexity index is 1010. The Hall–Kier alpha value is -3.55. The molecule has 1 aliphatic rings. The first-order chi connectivity index (χ1) is 13.6. The lowest BCUT2D eigenvalue weighted by Crippen LogP contribution is -2.28. The quantitative estimate of drug-likeness (QED) is 0.709. The van der Waals surface area contributed by atoms with E-state index < -0.39 is 5.92 Å². The first-order valence-electron chi connectivity index (χ1n) is 8.87. The number of nitrogens with zero attached hydrogens (tertiary/aromatic N) is 2. The van der Waals surface area contributed by atoms with Gasteiger partial charge in [0.1, 0.15) is 11.5 Å². The first kappa shape index (κ1) is 17.8. The highest BCUT2D eigenvalue weighted by Crippen LogP contribution is 2.36. The monoisotopic (exact) mass is 380 g/mol. The molecular formula is C20H20N4O4. The second-order valence-corrected chi connectivity index (χ2v) is 6.53. The highest BCUT2D eigenvalue weighted by Gasteiger charge is 2.36. The van der Waals surface area contributed by atoms with Crippen LogP contribution in [0.15, 0.2) is 42.5 Å². The molecule has 0 spiro atoms. The molecule has 8 heteroatoms. The van der Waals surface area contributed by atoms with Crippen LogP contribution >= 0.6 is 0 Å². The van der Waals surface area contributed by atoms with Gasteiger partial charge in [0.15, 0.2) is 0 Å². The fraction of sp³-hybridized carbons (Fsp3) is 0.250. The summed E-state index contributed by atoms with van der Waals surface area (Å²) in [4.78, 5) is 34.2. The molecule has 1 saturated heterocycles. The third kappa shape index (κ3) is 3.24. The number of H-pyrrole nitrogens is 1. The molecule has 2 aromatic carbocycles. The Morgan fingerprint density at radius 2 is 2.04 bits per heavy atom. The molecule has 1 atom stereocenters. The average molecular weight is 380 g/mol. The number of anilines is 2. The molecule has 1 aromatic heterocycles. The summed E-state index contributed by atoms with van der Waals surface area (Å²) in [5.41, 5.74) is 2.22. The summed E-state index contributed by atoms with van der Waals surface area (Å²) in [5.74, 6) is 0.666. The van der Waals surface area contributed by atoms with Crippen LogP contribution < -0.4 is 19.7 Å². The van der Waals surface area contributed by atoms with Gasteiger partial charge in [-0.05, 0) is 24.3 Å². The molecule has 1 unspecified atom stereocenters. The maximum Gasteiger partial charge on any atom is 0.232 e. The molecule has 28 heavy (non-hydrogen) atoms. The maximum absolute atomic E-state index is 12.7. The van der Waals surface area contributed by atoms with Gasteiger partial charge in [0.05, 0.1) is 36.9 Å². The normalized spacial score (nSPS) is 16.4. The van der Waals surface area contributed by atoms with Crippen molar-refractivity contribution in [2.45, 2.75) is 6.42 Å².